The fourth-order valence-electron chi connectivity index (χ4n) is 4.03. The first-order valence-corrected chi connectivity index (χ1v) is 10.3. The minimum absolute atomic E-state index is 0.180. The first-order valence-electron chi connectivity index (χ1n) is 10.3. The van der Waals surface area contributed by atoms with Gasteiger partial charge in [-0.2, -0.15) is 5.26 Å². The standard InChI is InChI=1S/C24H22N4O3/c1-16(29)26-19-9-7-18(8-10-19)21-22(27-13-3-2-4-14-27)24(31)28(23(21)30)20-11-5-17(15-25)6-12-20/h5-12H,2-4,13-14H2,1H3,(H,26,29). The predicted octanol–water partition coefficient (Wildman–Crippen LogP) is 3.29. The number of rotatable bonds is 4. The third-order valence-electron chi connectivity index (χ3n) is 5.48. The van der Waals surface area contributed by atoms with Crippen LogP contribution in [0.2, 0.25) is 0 Å². The number of benzene rings is 2. The van der Waals surface area contributed by atoms with Crippen LogP contribution < -0.4 is 10.2 Å². The summed E-state index contributed by atoms with van der Waals surface area (Å²) in [5.41, 5.74) is 2.93. The summed E-state index contributed by atoms with van der Waals surface area (Å²) in [6.07, 6.45) is 3.04. The van der Waals surface area contributed by atoms with Crippen LogP contribution in [0.4, 0.5) is 11.4 Å². The molecule has 31 heavy (non-hydrogen) atoms. The number of nitrogens with zero attached hydrogens (tertiary/aromatic N) is 3. The Bertz CT molecular complexity index is 1110. The Balaban J connectivity index is 1.76. The molecule has 1 fully saturated rings. The summed E-state index contributed by atoms with van der Waals surface area (Å²) < 4.78 is 0. The van der Waals surface area contributed by atoms with Gasteiger partial charge in [0.1, 0.15) is 5.70 Å². The lowest BCUT2D eigenvalue weighted by Gasteiger charge is -2.29. The molecule has 0 saturated carbocycles. The zero-order valence-corrected chi connectivity index (χ0v) is 17.2. The van der Waals surface area contributed by atoms with Crippen LogP contribution in [-0.4, -0.2) is 35.7 Å². The van der Waals surface area contributed by atoms with Crippen LogP contribution in [0.3, 0.4) is 0 Å². The maximum absolute atomic E-state index is 13.5. The van der Waals surface area contributed by atoms with Gasteiger partial charge in [-0.1, -0.05) is 12.1 Å². The van der Waals surface area contributed by atoms with Crippen molar-refractivity contribution in [3.63, 3.8) is 0 Å². The molecule has 7 nitrogen and oxygen atoms in total. The summed E-state index contributed by atoms with van der Waals surface area (Å²) in [6, 6.07) is 15.4. The van der Waals surface area contributed by atoms with Crippen molar-refractivity contribution in [2.24, 2.45) is 0 Å². The number of hydrogen-bond donors (Lipinski definition) is 1. The van der Waals surface area contributed by atoms with E-state index in [1.807, 2.05) is 11.0 Å². The molecule has 0 atom stereocenters. The van der Waals surface area contributed by atoms with Gasteiger partial charge in [-0.25, -0.2) is 4.90 Å². The van der Waals surface area contributed by atoms with Gasteiger partial charge in [0.05, 0.1) is 22.9 Å². The van der Waals surface area contributed by atoms with Crippen molar-refractivity contribution in [1.29, 1.82) is 5.26 Å². The highest BCUT2D eigenvalue weighted by Gasteiger charge is 2.42. The maximum atomic E-state index is 13.5. The summed E-state index contributed by atoms with van der Waals surface area (Å²) in [7, 11) is 0. The molecule has 156 valence electrons. The molecule has 7 heteroatoms. The van der Waals surface area contributed by atoms with E-state index >= 15 is 0 Å². The van der Waals surface area contributed by atoms with Gasteiger partial charge in [-0.05, 0) is 61.2 Å². The van der Waals surface area contributed by atoms with Gasteiger partial charge in [-0.3, -0.25) is 14.4 Å². The molecule has 1 N–H and O–H groups in total. The Hall–Kier alpha value is -3.92. The van der Waals surface area contributed by atoms with Crippen LogP contribution in [0.15, 0.2) is 54.2 Å². The van der Waals surface area contributed by atoms with Crippen molar-refractivity contribution >= 4 is 34.7 Å². The van der Waals surface area contributed by atoms with E-state index < -0.39 is 0 Å². The highest BCUT2D eigenvalue weighted by molar-refractivity contribution is 6.45. The molecule has 2 aliphatic rings. The first kappa shape index (κ1) is 20.4. The minimum atomic E-state index is -0.387. The largest absolute Gasteiger partial charge is 0.366 e. The summed E-state index contributed by atoms with van der Waals surface area (Å²) >= 11 is 0. The lowest BCUT2D eigenvalue weighted by Crippen LogP contribution is -2.37. The van der Waals surface area contributed by atoms with E-state index in [9.17, 15) is 14.4 Å². The number of carbonyl (C=O) groups excluding carboxylic acids is 3. The minimum Gasteiger partial charge on any atom is -0.366 e. The van der Waals surface area contributed by atoms with Crippen LogP contribution in [0.25, 0.3) is 5.57 Å². The molecular weight excluding hydrogens is 392 g/mol. The summed E-state index contributed by atoms with van der Waals surface area (Å²) in [6.45, 7) is 2.88. The number of hydrogen-bond acceptors (Lipinski definition) is 5. The molecule has 0 radical (unpaired) electrons. The third-order valence-corrected chi connectivity index (χ3v) is 5.48. The Morgan fingerprint density at radius 3 is 2.16 bits per heavy atom. The zero-order chi connectivity index (χ0) is 22.0. The van der Waals surface area contributed by atoms with Crippen molar-refractivity contribution in [2.75, 3.05) is 23.3 Å². The van der Waals surface area contributed by atoms with E-state index in [1.165, 1.54) is 11.8 Å². The van der Waals surface area contributed by atoms with Crippen molar-refractivity contribution in [2.45, 2.75) is 26.2 Å². The molecular formula is C24H22N4O3. The molecule has 0 aromatic heterocycles. The Morgan fingerprint density at radius 1 is 0.935 bits per heavy atom. The lowest BCUT2D eigenvalue weighted by atomic mass is 10.0. The van der Waals surface area contributed by atoms with E-state index in [0.717, 1.165) is 32.4 Å². The van der Waals surface area contributed by atoms with Crippen LogP contribution >= 0.6 is 0 Å². The number of imide groups is 1. The van der Waals surface area contributed by atoms with Gasteiger partial charge in [0.15, 0.2) is 0 Å². The van der Waals surface area contributed by atoms with Crippen LogP contribution in [0, 0.1) is 11.3 Å². The number of likely N-dealkylation sites (tertiary alicyclic amines) is 1. The highest BCUT2D eigenvalue weighted by Crippen LogP contribution is 2.36. The molecule has 2 aliphatic heterocycles. The fourth-order valence-corrected chi connectivity index (χ4v) is 4.03. The molecule has 1 saturated heterocycles. The van der Waals surface area contributed by atoms with Gasteiger partial charge in [0.2, 0.25) is 5.91 Å². The van der Waals surface area contributed by atoms with Crippen LogP contribution in [0.5, 0.6) is 0 Å². The second-order valence-corrected chi connectivity index (χ2v) is 7.63. The summed E-state index contributed by atoms with van der Waals surface area (Å²) in [5.74, 6) is -0.916. The van der Waals surface area contributed by atoms with Gasteiger partial charge < -0.3 is 10.2 Å². The lowest BCUT2D eigenvalue weighted by molar-refractivity contribution is -0.121. The van der Waals surface area contributed by atoms with Crippen LogP contribution in [0.1, 0.15) is 37.3 Å². The fraction of sp³-hybridized carbons (Fsp3) is 0.250. The zero-order valence-electron chi connectivity index (χ0n) is 17.2. The number of nitriles is 1. The molecule has 0 bridgehead atoms. The molecule has 2 heterocycles. The number of carbonyl (C=O) groups is 3. The first-order chi connectivity index (χ1) is 15.0. The van der Waals surface area contributed by atoms with Crippen molar-refractivity contribution in [3.05, 3.63) is 65.4 Å². The second kappa shape index (κ2) is 8.44. The Labute approximate surface area is 180 Å². The molecule has 4 rings (SSSR count). The van der Waals surface area contributed by atoms with Crippen LogP contribution in [-0.2, 0) is 14.4 Å². The normalized spacial score (nSPS) is 16.5. The predicted molar refractivity (Wildman–Crippen MR) is 117 cm³/mol. The van der Waals surface area contributed by atoms with Crippen molar-refractivity contribution in [1.82, 2.24) is 4.90 Å². The average molecular weight is 414 g/mol. The van der Waals surface area contributed by atoms with Crippen molar-refractivity contribution < 1.29 is 14.4 Å². The van der Waals surface area contributed by atoms with E-state index in [4.69, 9.17) is 5.26 Å². The topological polar surface area (TPSA) is 93.5 Å². The van der Waals surface area contributed by atoms with Gasteiger partial charge in [0, 0.05) is 25.7 Å². The monoisotopic (exact) mass is 414 g/mol. The summed E-state index contributed by atoms with van der Waals surface area (Å²) in [5, 5.41) is 11.7. The van der Waals surface area contributed by atoms with Gasteiger partial charge >= 0.3 is 0 Å². The number of piperidine rings is 1. The smallest absolute Gasteiger partial charge is 0.282 e. The van der Waals surface area contributed by atoms with E-state index in [1.54, 1.807) is 48.5 Å². The molecule has 2 aromatic carbocycles. The quantitative estimate of drug-likeness (QED) is 0.775. The number of amides is 3. The van der Waals surface area contributed by atoms with E-state index in [0.29, 0.717) is 33.8 Å². The van der Waals surface area contributed by atoms with Gasteiger partial charge in [-0.15, -0.1) is 0 Å². The number of anilines is 2. The summed E-state index contributed by atoms with van der Waals surface area (Å²) in [4.78, 5) is 41.4. The third kappa shape index (κ3) is 3.92. The maximum Gasteiger partial charge on any atom is 0.282 e. The average Bonchev–Trinajstić information content (AvgIpc) is 3.04. The molecule has 3 amide bonds. The Kier molecular flexibility index (Phi) is 5.54. The number of nitrogens with one attached hydrogen (secondary N) is 1. The molecule has 2 aromatic rings. The van der Waals surface area contributed by atoms with E-state index in [-0.39, 0.29) is 17.7 Å². The molecule has 0 unspecified atom stereocenters. The molecule has 0 aliphatic carbocycles. The SMILES string of the molecule is CC(=O)Nc1ccc(C2=C(N3CCCCC3)C(=O)N(c3ccc(C#N)cc3)C2=O)cc1. The highest BCUT2D eigenvalue weighted by atomic mass is 16.2. The van der Waals surface area contributed by atoms with E-state index in [2.05, 4.69) is 5.32 Å². The Morgan fingerprint density at radius 2 is 1.58 bits per heavy atom. The second-order valence-electron chi connectivity index (χ2n) is 7.63. The molecule has 0 spiro atoms. The van der Waals surface area contributed by atoms with Gasteiger partial charge in [0.25, 0.3) is 11.8 Å². The van der Waals surface area contributed by atoms with Crippen molar-refractivity contribution in [3.8, 4) is 6.07 Å².